The number of carbonyl (C=O) groups excluding carboxylic acids is 2. The molecule has 1 unspecified atom stereocenters. The predicted molar refractivity (Wildman–Crippen MR) is 125 cm³/mol. The Bertz CT molecular complexity index is 1310. The van der Waals surface area contributed by atoms with E-state index in [1.165, 1.54) is 4.68 Å². The summed E-state index contributed by atoms with van der Waals surface area (Å²) in [4.78, 5) is 24.6. The molecule has 10 heteroatoms. The number of hydrogen-bond acceptors (Lipinski definition) is 5. The number of benzene rings is 2. The van der Waals surface area contributed by atoms with E-state index in [0.29, 0.717) is 46.0 Å². The van der Waals surface area contributed by atoms with E-state index in [2.05, 4.69) is 25.9 Å². The highest BCUT2D eigenvalue weighted by molar-refractivity contribution is 6.30. The second-order valence-electron chi connectivity index (χ2n) is 7.56. The number of aromatic nitrogens is 4. The van der Waals surface area contributed by atoms with Gasteiger partial charge in [0.15, 0.2) is 5.69 Å². The smallest absolute Gasteiger partial charge is 0.272 e. The molecule has 0 aliphatic heterocycles. The molecule has 1 atom stereocenters. The van der Waals surface area contributed by atoms with E-state index in [1.807, 2.05) is 12.1 Å². The average molecular weight is 467 g/mol. The Morgan fingerprint density at radius 2 is 1.91 bits per heavy atom. The minimum Gasteiger partial charge on any atom is -0.388 e. The third kappa shape index (κ3) is 4.74. The highest BCUT2D eigenvalue weighted by Crippen LogP contribution is 2.25. The van der Waals surface area contributed by atoms with Crippen molar-refractivity contribution in [1.29, 1.82) is 0 Å². The summed E-state index contributed by atoms with van der Waals surface area (Å²) in [7, 11) is 3.25. The van der Waals surface area contributed by atoms with E-state index < -0.39 is 6.10 Å². The lowest BCUT2D eigenvalue weighted by molar-refractivity contribution is 0.0930. The van der Waals surface area contributed by atoms with Gasteiger partial charge in [-0.1, -0.05) is 29.8 Å². The van der Waals surface area contributed by atoms with Crippen LogP contribution < -0.4 is 10.6 Å². The molecule has 4 rings (SSSR count). The van der Waals surface area contributed by atoms with Gasteiger partial charge >= 0.3 is 0 Å². The molecule has 0 radical (unpaired) electrons. The second-order valence-corrected chi connectivity index (χ2v) is 8.00. The maximum atomic E-state index is 12.7. The van der Waals surface area contributed by atoms with Crippen LogP contribution in [0.15, 0.2) is 48.5 Å². The molecule has 9 nitrogen and oxygen atoms in total. The first-order valence-corrected chi connectivity index (χ1v) is 10.7. The van der Waals surface area contributed by atoms with Crippen LogP contribution in [-0.2, 0) is 7.05 Å². The lowest BCUT2D eigenvalue weighted by atomic mass is 10.1. The lowest BCUT2D eigenvalue weighted by Gasteiger charge is -2.11. The molecule has 2 amide bonds. The van der Waals surface area contributed by atoms with Crippen LogP contribution in [0.1, 0.15) is 39.1 Å². The molecular weight excluding hydrogens is 444 g/mol. The van der Waals surface area contributed by atoms with Crippen molar-refractivity contribution in [1.82, 2.24) is 30.6 Å². The number of amides is 2. The van der Waals surface area contributed by atoms with Crippen molar-refractivity contribution in [3.05, 3.63) is 70.5 Å². The van der Waals surface area contributed by atoms with Gasteiger partial charge < -0.3 is 15.7 Å². The standard InChI is InChI=1S/C23H23ClN6O3/c1-25-23(33)21-16-8-5-14(11-18(16)27-28-21)17-12-19(30(2)29-17)22(32)26-10-9-20(31)13-3-6-15(24)7-4-13/h3-8,11-12,20,31H,9-10H2,1-2H3,(H,25,33)(H,26,32)(H,27,28). The van der Waals surface area contributed by atoms with Crippen LogP contribution in [0.2, 0.25) is 5.02 Å². The molecule has 4 aromatic rings. The van der Waals surface area contributed by atoms with Crippen molar-refractivity contribution >= 4 is 34.3 Å². The van der Waals surface area contributed by atoms with Crippen LogP contribution in [-0.4, -0.2) is 50.5 Å². The van der Waals surface area contributed by atoms with E-state index >= 15 is 0 Å². The zero-order valence-electron chi connectivity index (χ0n) is 18.1. The maximum absolute atomic E-state index is 12.7. The molecule has 0 bridgehead atoms. The summed E-state index contributed by atoms with van der Waals surface area (Å²) in [6, 6.07) is 14.1. The number of aromatic amines is 1. The molecule has 0 spiro atoms. The highest BCUT2D eigenvalue weighted by atomic mass is 35.5. The normalized spacial score (nSPS) is 12.0. The van der Waals surface area contributed by atoms with E-state index in [1.54, 1.807) is 50.5 Å². The highest BCUT2D eigenvalue weighted by Gasteiger charge is 2.17. The Hall–Kier alpha value is -3.69. The molecule has 170 valence electrons. The molecule has 2 heterocycles. The quantitative estimate of drug-likeness (QED) is 0.333. The van der Waals surface area contributed by atoms with Crippen molar-refractivity contribution < 1.29 is 14.7 Å². The predicted octanol–water partition coefficient (Wildman–Crippen LogP) is 2.83. The van der Waals surface area contributed by atoms with Gasteiger partial charge in [-0.25, -0.2) is 0 Å². The third-order valence-corrected chi connectivity index (χ3v) is 5.62. The third-order valence-electron chi connectivity index (χ3n) is 5.37. The number of carbonyl (C=O) groups is 2. The second kappa shape index (κ2) is 9.43. The van der Waals surface area contributed by atoms with Crippen LogP contribution in [0.3, 0.4) is 0 Å². The molecule has 0 aliphatic carbocycles. The zero-order valence-corrected chi connectivity index (χ0v) is 18.8. The van der Waals surface area contributed by atoms with Gasteiger partial charge in [-0.2, -0.15) is 10.2 Å². The zero-order chi connectivity index (χ0) is 23.5. The molecule has 0 saturated heterocycles. The SMILES string of the molecule is CNC(=O)c1n[nH]c2cc(-c3cc(C(=O)NCCC(O)c4ccc(Cl)cc4)n(C)n3)ccc12. The number of hydrogen-bond donors (Lipinski definition) is 4. The Morgan fingerprint density at radius 1 is 1.15 bits per heavy atom. The van der Waals surface area contributed by atoms with Crippen molar-refractivity contribution in [3.8, 4) is 11.3 Å². The first-order valence-electron chi connectivity index (χ1n) is 10.3. The first-order chi connectivity index (χ1) is 15.9. The molecule has 0 fully saturated rings. The van der Waals surface area contributed by atoms with Crippen LogP contribution in [0.25, 0.3) is 22.2 Å². The van der Waals surface area contributed by atoms with Crippen LogP contribution in [0.4, 0.5) is 0 Å². The van der Waals surface area contributed by atoms with Crippen LogP contribution >= 0.6 is 11.6 Å². The van der Waals surface area contributed by atoms with Crippen molar-refractivity contribution in [2.75, 3.05) is 13.6 Å². The van der Waals surface area contributed by atoms with Crippen molar-refractivity contribution in [2.24, 2.45) is 7.05 Å². The summed E-state index contributed by atoms with van der Waals surface area (Å²) >= 11 is 5.87. The van der Waals surface area contributed by atoms with Gasteiger partial charge in [0, 0.05) is 36.6 Å². The molecule has 33 heavy (non-hydrogen) atoms. The van der Waals surface area contributed by atoms with Gasteiger partial charge in [0.25, 0.3) is 11.8 Å². The Kier molecular flexibility index (Phi) is 6.43. The summed E-state index contributed by atoms with van der Waals surface area (Å²) in [5.74, 6) is -0.559. The number of nitrogens with zero attached hydrogens (tertiary/aromatic N) is 3. The fourth-order valence-electron chi connectivity index (χ4n) is 3.56. The number of fused-ring (bicyclic) bond motifs is 1. The number of nitrogens with one attached hydrogen (secondary N) is 3. The van der Waals surface area contributed by atoms with Crippen molar-refractivity contribution in [2.45, 2.75) is 12.5 Å². The minimum atomic E-state index is -0.703. The fraction of sp³-hybridized carbons (Fsp3) is 0.217. The van der Waals surface area contributed by atoms with E-state index in [4.69, 9.17) is 11.6 Å². The summed E-state index contributed by atoms with van der Waals surface area (Å²) in [6.45, 7) is 0.297. The number of aliphatic hydroxyl groups excluding tert-OH is 1. The lowest BCUT2D eigenvalue weighted by Crippen LogP contribution is -2.27. The van der Waals surface area contributed by atoms with E-state index in [0.717, 1.165) is 11.1 Å². The average Bonchev–Trinajstić information content (AvgIpc) is 3.42. The first kappa shape index (κ1) is 22.5. The molecule has 0 aliphatic rings. The fourth-order valence-corrected chi connectivity index (χ4v) is 3.68. The van der Waals surface area contributed by atoms with Gasteiger partial charge in [0.1, 0.15) is 5.69 Å². The number of H-pyrrole nitrogens is 1. The largest absolute Gasteiger partial charge is 0.388 e. The van der Waals surface area contributed by atoms with Gasteiger partial charge in [-0.05, 0) is 42.3 Å². The van der Waals surface area contributed by atoms with Gasteiger partial charge in [-0.15, -0.1) is 0 Å². The summed E-state index contributed by atoms with van der Waals surface area (Å²) in [6.07, 6.45) is -0.340. The number of halogens is 1. The topological polar surface area (TPSA) is 125 Å². The summed E-state index contributed by atoms with van der Waals surface area (Å²) < 4.78 is 1.51. The summed E-state index contributed by atoms with van der Waals surface area (Å²) in [5, 5.41) is 28.4. The van der Waals surface area contributed by atoms with Crippen LogP contribution in [0.5, 0.6) is 0 Å². The molecular formula is C23H23ClN6O3. The number of aryl methyl sites for hydroxylation is 1. The maximum Gasteiger partial charge on any atom is 0.272 e. The minimum absolute atomic E-state index is 0.271. The number of rotatable bonds is 7. The van der Waals surface area contributed by atoms with Gasteiger partial charge in [0.05, 0.1) is 17.3 Å². The van der Waals surface area contributed by atoms with E-state index in [9.17, 15) is 14.7 Å². The van der Waals surface area contributed by atoms with E-state index in [-0.39, 0.29) is 11.8 Å². The van der Waals surface area contributed by atoms with Crippen LogP contribution in [0, 0.1) is 0 Å². The Balaban J connectivity index is 1.43. The van der Waals surface area contributed by atoms with Crippen molar-refractivity contribution in [3.63, 3.8) is 0 Å². The van der Waals surface area contributed by atoms with Gasteiger partial charge in [-0.3, -0.25) is 19.4 Å². The number of aliphatic hydroxyl groups is 1. The monoisotopic (exact) mass is 466 g/mol. The summed E-state index contributed by atoms with van der Waals surface area (Å²) in [5.41, 5.74) is 3.54. The Morgan fingerprint density at radius 3 is 2.64 bits per heavy atom. The molecule has 2 aromatic carbocycles. The molecule has 4 N–H and O–H groups in total. The van der Waals surface area contributed by atoms with Gasteiger partial charge in [0.2, 0.25) is 0 Å². The molecule has 0 saturated carbocycles. The Labute approximate surface area is 194 Å². The molecule has 2 aromatic heterocycles.